The Morgan fingerprint density at radius 1 is 1.12 bits per heavy atom. The van der Waals surface area contributed by atoms with Gasteiger partial charge < -0.3 is 14.6 Å². The molecule has 0 radical (unpaired) electrons. The molecule has 4 nitrogen and oxygen atoms in total. The molecule has 4 heteroatoms. The van der Waals surface area contributed by atoms with Crippen LogP contribution >= 0.6 is 0 Å². The third-order valence-electron chi connectivity index (χ3n) is 4.25. The van der Waals surface area contributed by atoms with Crippen LogP contribution in [-0.4, -0.2) is 24.8 Å². The fourth-order valence-electron chi connectivity index (χ4n) is 3.14. The number of carbonyl (C=O) groups excluding carboxylic acids is 1. The van der Waals surface area contributed by atoms with Gasteiger partial charge >= 0.3 is 5.97 Å². The topological polar surface area (TPSA) is 55.8 Å². The van der Waals surface area contributed by atoms with Gasteiger partial charge in [0.25, 0.3) is 0 Å². The van der Waals surface area contributed by atoms with Crippen molar-refractivity contribution in [1.82, 2.24) is 0 Å². The summed E-state index contributed by atoms with van der Waals surface area (Å²) in [7, 11) is 1.59. The smallest absolute Gasteiger partial charge is 0.342 e. The number of methoxy groups -OCH3 is 1. The van der Waals surface area contributed by atoms with Crippen LogP contribution in [0.5, 0.6) is 11.5 Å². The highest BCUT2D eigenvalue weighted by atomic mass is 16.5. The van der Waals surface area contributed by atoms with E-state index in [0.29, 0.717) is 17.7 Å². The molecule has 134 valence electrons. The number of aromatic hydroxyl groups is 1. The summed E-state index contributed by atoms with van der Waals surface area (Å²) < 4.78 is 10.7. The number of phenols is 1. The molecule has 0 spiro atoms. The molecule has 1 N–H and O–H groups in total. The van der Waals surface area contributed by atoms with Crippen molar-refractivity contribution >= 4 is 5.97 Å². The average molecular weight is 342 g/mol. The Bertz CT molecular complexity index is 750. The minimum Gasteiger partial charge on any atom is -0.507 e. The van der Waals surface area contributed by atoms with E-state index < -0.39 is 5.97 Å². The Morgan fingerprint density at radius 2 is 1.84 bits per heavy atom. The average Bonchev–Trinajstić information content (AvgIpc) is 2.61. The molecule has 2 rings (SSSR count). The lowest BCUT2D eigenvalue weighted by atomic mass is 9.89. The summed E-state index contributed by atoms with van der Waals surface area (Å²) in [4.78, 5) is 12.6. The highest BCUT2D eigenvalue weighted by Crippen LogP contribution is 2.40. The first-order chi connectivity index (χ1) is 12.1. The molecule has 0 amide bonds. The van der Waals surface area contributed by atoms with Crippen molar-refractivity contribution < 1.29 is 19.4 Å². The van der Waals surface area contributed by atoms with Gasteiger partial charge in [-0.1, -0.05) is 38.5 Å². The Balaban J connectivity index is 2.81. The molecule has 0 atom stereocenters. The molecule has 0 saturated carbocycles. The molecular weight excluding hydrogens is 316 g/mol. The highest BCUT2D eigenvalue weighted by Gasteiger charge is 2.25. The molecule has 0 fully saturated rings. The van der Waals surface area contributed by atoms with Crippen LogP contribution in [0.25, 0.3) is 11.1 Å². The van der Waals surface area contributed by atoms with E-state index in [9.17, 15) is 9.90 Å². The third-order valence-corrected chi connectivity index (χ3v) is 4.25. The van der Waals surface area contributed by atoms with Crippen LogP contribution < -0.4 is 4.74 Å². The SMILES string of the molecule is CCCc1cc(-c2ccccc2OC)c(C(=O)OCC)c(O)c1CC. The normalized spacial score (nSPS) is 10.6. The number of phenolic OH excluding ortho intramolecular Hbond substituents is 1. The summed E-state index contributed by atoms with van der Waals surface area (Å²) in [6.07, 6.45) is 2.44. The standard InChI is InChI=1S/C21H26O4/c1-5-10-14-13-17(16-11-8-9-12-18(16)24-4)19(21(23)25-7-3)20(22)15(14)6-2/h8-9,11-13,22H,5-7,10H2,1-4H3. The van der Waals surface area contributed by atoms with E-state index in [4.69, 9.17) is 9.47 Å². The monoisotopic (exact) mass is 342 g/mol. The molecule has 0 bridgehead atoms. The molecular formula is C21H26O4. The van der Waals surface area contributed by atoms with Crippen molar-refractivity contribution in [3.8, 4) is 22.6 Å². The van der Waals surface area contributed by atoms with Crippen molar-refractivity contribution in [1.29, 1.82) is 0 Å². The molecule has 25 heavy (non-hydrogen) atoms. The molecule has 0 aliphatic heterocycles. The third kappa shape index (κ3) is 3.78. The lowest BCUT2D eigenvalue weighted by molar-refractivity contribution is 0.0524. The van der Waals surface area contributed by atoms with Crippen LogP contribution in [0.4, 0.5) is 0 Å². The summed E-state index contributed by atoms with van der Waals surface area (Å²) in [5.41, 5.74) is 3.49. The summed E-state index contributed by atoms with van der Waals surface area (Å²) in [5, 5.41) is 10.9. The fraction of sp³-hybridized carbons (Fsp3) is 0.381. The number of carbonyl (C=O) groups is 1. The van der Waals surface area contributed by atoms with Crippen LogP contribution in [0.3, 0.4) is 0 Å². The number of rotatable bonds is 7. The molecule has 0 aliphatic carbocycles. The number of hydrogen-bond donors (Lipinski definition) is 1. The number of esters is 1. The maximum Gasteiger partial charge on any atom is 0.342 e. The van der Waals surface area contributed by atoms with Crippen LogP contribution in [0.2, 0.25) is 0 Å². The number of para-hydroxylation sites is 1. The molecule has 0 heterocycles. The van der Waals surface area contributed by atoms with Crippen LogP contribution in [-0.2, 0) is 17.6 Å². The van der Waals surface area contributed by atoms with E-state index in [0.717, 1.165) is 29.5 Å². The first-order valence-corrected chi connectivity index (χ1v) is 8.77. The zero-order valence-corrected chi connectivity index (χ0v) is 15.4. The summed E-state index contributed by atoms with van der Waals surface area (Å²) in [5.74, 6) is 0.158. The summed E-state index contributed by atoms with van der Waals surface area (Å²) in [6, 6.07) is 9.48. The predicted octanol–water partition coefficient (Wildman–Crippen LogP) is 4.76. The van der Waals surface area contributed by atoms with Crippen molar-refractivity contribution in [3.63, 3.8) is 0 Å². The quantitative estimate of drug-likeness (QED) is 0.737. The maximum absolute atomic E-state index is 12.6. The second kappa shape index (κ2) is 8.56. The van der Waals surface area contributed by atoms with Gasteiger partial charge in [0, 0.05) is 11.1 Å². The first-order valence-electron chi connectivity index (χ1n) is 8.77. The first kappa shape index (κ1) is 18.8. The Labute approximate surface area is 149 Å². The van der Waals surface area contributed by atoms with Crippen molar-refractivity contribution in [2.24, 2.45) is 0 Å². The largest absolute Gasteiger partial charge is 0.507 e. The van der Waals surface area contributed by atoms with Crippen molar-refractivity contribution in [2.75, 3.05) is 13.7 Å². The molecule has 0 unspecified atom stereocenters. The van der Waals surface area contributed by atoms with Gasteiger partial charge in [0.2, 0.25) is 0 Å². The van der Waals surface area contributed by atoms with E-state index in [2.05, 4.69) is 6.92 Å². The minimum absolute atomic E-state index is 0.0211. The van der Waals surface area contributed by atoms with Gasteiger partial charge in [-0.15, -0.1) is 0 Å². The van der Waals surface area contributed by atoms with Gasteiger partial charge in [-0.3, -0.25) is 0 Å². The number of benzene rings is 2. The Hall–Kier alpha value is -2.49. The lowest BCUT2D eigenvalue weighted by Gasteiger charge is -2.19. The van der Waals surface area contributed by atoms with Gasteiger partial charge in [-0.05, 0) is 43.0 Å². The van der Waals surface area contributed by atoms with Gasteiger partial charge in [0.05, 0.1) is 13.7 Å². The Morgan fingerprint density at radius 3 is 2.44 bits per heavy atom. The number of aryl methyl sites for hydroxylation is 1. The van der Waals surface area contributed by atoms with E-state index in [1.165, 1.54) is 0 Å². The van der Waals surface area contributed by atoms with Crippen molar-refractivity contribution in [3.05, 3.63) is 47.0 Å². The second-order valence-corrected chi connectivity index (χ2v) is 5.81. The van der Waals surface area contributed by atoms with Gasteiger partial charge in [-0.25, -0.2) is 4.79 Å². The number of ether oxygens (including phenoxy) is 2. The molecule has 2 aromatic carbocycles. The minimum atomic E-state index is -0.515. The van der Waals surface area contributed by atoms with Gasteiger partial charge in [0.15, 0.2) is 0 Å². The molecule has 0 aliphatic rings. The lowest BCUT2D eigenvalue weighted by Crippen LogP contribution is -2.10. The van der Waals surface area contributed by atoms with Crippen molar-refractivity contribution in [2.45, 2.75) is 40.0 Å². The Kier molecular flexibility index (Phi) is 6.45. The van der Waals surface area contributed by atoms with Crippen LogP contribution in [0.15, 0.2) is 30.3 Å². The van der Waals surface area contributed by atoms with E-state index in [1.807, 2.05) is 37.3 Å². The van der Waals surface area contributed by atoms with E-state index in [-0.39, 0.29) is 17.9 Å². The van der Waals surface area contributed by atoms with Gasteiger partial charge in [0.1, 0.15) is 17.1 Å². The summed E-state index contributed by atoms with van der Waals surface area (Å²) >= 11 is 0. The zero-order valence-electron chi connectivity index (χ0n) is 15.4. The van der Waals surface area contributed by atoms with E-state index in [1.54, 1.807) is 14.0 Å². The molecule has 0 saturated heterocycles. The second-order valence-electron chi connectivity index (χ2n) is 5.81. The molecule has 2 aromatic rings. The zero-order chi connectivity index (χ0) is 18.4. The molecule has 0 aromatic heterocycles. The highest BCUT2D eigenvalue weighted by molar-refractivity contribution is 6.01. The van der Waals surface area contributed by atoms with E-state index >= 15 is 0 Å². The maximum atomic E-state index is 12.6. The van der Waals surface area contributed by atoms with Gasteiger partial charge in [-0.2, -0.15) is 0 Å². The summed E-state index contributed by atoms with van der Waals surface area (Å²) in [6.45, 7) is 6.08. The van der Waals surface area contributed by atoms with Crippen LogP contribution in [0, 0.1) is 0 Å². The fourth-order valence-corrected chi connectivity index (χ4v) is 3.14. The predicted molar refractivity (Wildman–Crippen MR) is 99.4 cm³/mol. The van der Waals surface area contributed by atoms with Crippen LogP contribution in [0.1, 0.15) is 48.7 Å². The number of hydrogen-bond acceptors (Lipinski definition) is 4.